The molecule has 1 unspecified atom stereocenters. The van der Waals surface area contributed by atoms with Crippen LogP contribution in [0.1, 0.15) is 463 Å². The Morgan fingerprint density at radius 1 is 0.326 bits per heavy atom. The first-order valence-electron chi connectivity index (χ1n) is 58.2. The van der Waals surface area contributed by atoms with Gasteiger partial charge in [-0.3, -0.25) is 0 Å². The molecule has 0 aromatic heterocycles. The van der Waals surface area contributed by atoms with Crippen LogP contribution >= 0.6 is 9.24 Å². The SMILES string of the molecule is CC[C@]1(O)CC[C@@]2(C)C(=CC[C@H]3[C@@H]4CC[C@H]([C@H](C)[C@@H](O)CCC5CC5)[C@@]4(C)CC[C@@H]32)C1.CC[C@]1(O)CC[C@@]2(C)C(=CC[C@H]3[C@@H]4CC[C@H]([C@H](C)[C@@H](O)CCC5CC5)[C@@]4(C)CC[C@@H]32)C1.CC[C@]1(O)CC[C@@]2(C)C(=CC[C@H]3[C@@H]4CC[C@H]([C@H](C)[C@@H](O)CCC5CC5)[C@@]4(C)CC[C@@H]32)C1.CC[C@]1(O)CC[C@@]2(C)C(=CC[C@H]3[C@@H]4CC[C@H]([C@H](C)[C@H](O)CCC5CC5)[C@@]4(C)CC[C@@H]32)C1.CO.[2H]CC.[2H]CP.[B].[H-].[Na+]. The summed E-state index contributed by atoms with van der Waals surface area (Å²) in [5.74, 6) is 18.1. The first kappa shape index (κ1) is 108. The number of aliphatic hydroxyl groups is 9. The van der Waals surface area contributed by atoms with E-state index in [4.69, 9.17) is 7.85 Å². The average molecular weight is 1860 g/mol. The van der Waals surface area contributed by atoms with Gasteiger partial charge in [0, 0.05) is 18.3 Å². The molecule has 16 saturated carbocycles. The van der Waals surface area contributed by atoms with Gasteiger partial charge in [-0.2, -0.15) is 0 Å². The van der Waals surface area contributed by atoms with E-state index in [1.54, 1.807) is 29.2 Å². The van der Waals surface area contributed by atoms with Gasteiger partial charge in [-0.05, 0) is 468 Å². The van der Waals surface area contributed by atoms with Crippen molar-refractivity contribution < 1.29 is 79.7 Å². The fraction of sp³-hybridized carbons (Fsp3) is 0.933. The maximum Gasteiger partial charge on any atom is 1.00 e. The van der Waals surface area contributed by atoms with Gasteiger partial charge >= 0.3 is 29.6 Å². The molecule has 37 atom stereocenters. The molecule has 0 saturated heterocycles. The van der Waals surface area contributed by atoms with Crippen molar-refractivity contribution in [3.63, 3.8) is 0 Å². The van der Waals surface area contributed by atoms with Crippen LogP contribution < -0.4 is 29.6 Å². The topological polar surface area (TPSA) is 182 Å². The minimum absolute atomic E-state index is 0. The summed E-state index contributed by atoms with van der Waals surface area (Å²) in [4.78, 5) is 0. The number of fused-ring (bicyclic) bond motifs is 20. The molecule has 0 aliphatic heterocycles. The van der Waals surface area contributed by atoms with Gasteiger partial charge in [0.05, 0.1) is 46.8 Å². The molecule has 16 fully saturated rings. The van der Waals surface area contributed by atoms with E-state index in [1.165, 1.54) is 231 Å². The van der Waals surface area contributed by atoms with Gasteiger partial charge in [-0.1, -0.05) is 229 Å². The Kier molecular flexibility index (Phi) is 36.1. The summed E-state index contributed by atoms with van der Waals surface area (Å²) in [5, 5.41) is 95.0. The van der Waals surface area contributed by atoms with Crippen LogP contribution in [-0.2, 0) is 0 Å². The number of allylic oxidation sites excluding steroid dienone is 4. The maximum absolute atomic E-state index is 11.0. The number of rotatable bonds is 24. The first-order chi connectivity index (χ1) is 62.6. The van der Waals surface area contributed by atoms with Gasteiger partial charge in [0.1, 0.15) is 0 Å². The van der Waals surface area contributed by atoms with Gasteiger partial charge in [-0.15, -0.1) is 9.24 Å². The second-order valence-electron chi connectivity index (χ2n) is 52.8. The summed E-state index contributed by atoms with van der Waals surface area (Å²) in [6.45, 7) is 41.4. The summed E-state index contributed by atoms with van der Waals surface area (Å²) in [6.07, 6.45) is 72.7. The molecule has 3 radical (unpaired) electrons. The first-order valence-corrected chi connectivity index (χ1v) is 57.6. The molecule has 0 aromatic rings. The van der Waals surface area contributed by atoms with Crippen molar-refractivity contribution in [1.82, 2.24) is 0 Å². The molecule has 9 N–H and O–H groups in total. The smallest absolute Gasteiger partial charge is 1.00 e. The molecule has 9 nitrogen and oxygen atoms in total. The van der Waals surface area contributed by atoms with Gasteiger partial charge in [-0.25, -0.2) is 0 Å². The Morgan fingerprint density at radius 2 is 0.508 bits per heavy atom. The van der Waals surface area contributed by atoms with Crippen molar-refractivity contribution >= 4 is 17.7 Å². The maximum atomic E-state index is 11.0. The van der Waals surface area contributed by atoms with Crippen LogP contribution in [0.15, 0.2) is 46.6 Å². The normalized spacial score (nSPS) is 46.3. The Morgan fingerprint density at radius 3 is 0.674 bits per heavy atom. The van der Waals surface area contributed by atoms with Gasteiger partial charge in [0.15, 0.2) is 0 Å². The fourth-order valence-electron chi connectivity index (χ4n) is 37.0. The van der Waals surface area contributed by atoms with Gasteiger partial charge in [0.2, 0.25) is 0 Å². The number of aliphatic hydroxyl groups excluding tert-OH is 5. The summed E-state index contributed by atoms with van der Waals surface area (Å²) >= 11 is 0. The van der Waals surface area contributed by atoms with E-state index < -0.39 is 22.4 Å². The average Bonchev–Trinajstić information content (AvgIpc) is 1.53. The summed E-state index contributed by atoms with van der Waals surface area (Å²) in [5.41, 5.74) is 7.49. The molecule has 20 aliphatic carbocycles. The number of hydrogen-bond donors (Lipinski definition) is 9. The van der Waals surface area contributed by atoms with E-state index in [9.17, 15) is 40.9 Å². The largest absolute Gasteiger partial charge is 1.00 e. The van der Waals surface area contributed by atoms with Crippen molar-refractivity contribution in [1.29, 1.82) is 0 Å². The summed E-state index contributed by atoms with van der Waals surface area (Å²) < 4.78 is 12.4. The zero-order valence-corrected chi connectivity index (χ0v) is 92.0. The van der Waals surface area contributed by atoms with Gasteiger partial charge < -0.3 is 47.4 Å². The molecular weight excluding hydrogens is 1650 g/mol. The Balaban J connectivity index is 0.000000167. The predicted molar refractivity (Wildman–Crippen MR) is 552 cm³/mol. The second kappa shape index (κ2) is 44.2. The summed E-state index contributed by atoms with van der Waals surface area (Å²) in [7, 11) is 3.25. The van der Waals surface area contributed by atoms with E-state index in [0.717, 1.165) is 205 Å². The zero-order chi connectivity index (χ0) is 95.5. The second-order valence-corrected chi connectivity index (χ2v) is 52.8. The van der Waals surface area contributed by atoms with Crippen molar-refractivity contribution in [2.75, 3.05) is 13.8 Å². The Bertz CT molecular complexity index is 3400. The molecule has 0 heterocycles. The quantitative estimate of drug-likeness (QED) is 0.0258. The molecule has 0 amide bonds. The van der Waals surface area contributed by atoms with E-state index in [2.05, 4.69) is 144 Å². The zero-order valence-electron chi connectivity index (χ0n) is 91.8. The van der Waals surface area contributed by atoms with Crippen molar-refractivity contribution in [2.45, 2.75) is 505 Å². The van der Waals surface area contributed by atoms with E-state index in [-0.39, 0.29) is 63.8 Å². The van der Waals surface area contributed by atoms with Gasteiger partial charge in [0.25, 0.3) is 0 Å². The molecule has 751 valence electrons. The van der Waals surface area contributed by atoms with E-state index >= 15 is 0 Å². The standard InChI is InChI=1S/4C29H48O2.C2H6.CH4O.CH5P.B.Na.H/c4*1-5-29(31)17-16-27(3)21(18-29)9-10-22-24-12-11-23(28(24,4)15-14-25(22)27)19(2)26(30)13-8-20-6-7-20;3*1-2;;;/h4*9,19-20,22-26,30-31H,5-8,10-18H2,1-4H3;1-2H3;2H,1H3;2H2,1H3;;;/q;;;;;;;;+1;-1/t19-,22-,23+,24-,25-,26+,27-,28+,29-;3*19-,22-,23+,24-,25-,26-,27-,28+,29-;;;;;;/m0000....../s1/i;;;;1D;;1D;;;. The van der Waals surface area contributed by atoms with Crippen LogP contribution in [0.5, 0.6) is 0 Å². The van der Waals surface area contributed by atoms with Crippen molar-refractivity contribution in [3.8, 4) is 0 Å². The molecular formula is C120H208BNaO9P. The Labute approximate surface area is 842 Å². The van der Waals surface area contributed by atoms with Crippen LogP contribution in [0.25, 0.3) is 0 Å². The van der Waals surface area contributed by atoms with Crippen LogP contribution in [0.4, 0.5) is 0 Å². The molecule has 132 heavy (non-hydrogen) atoms. The molecule has 0 aromatic carbocycles. The molecule has 0 bridgehead atoms. The predicted octanol–water partition coefficient (Wildman–Crippen LogP) is 25.4. The third-order valence-electron chi connectivity index (χ3n) is 47.2. The molecule has 20 rings (SSSR count). The minimum Gasteiger partial charge on any atom is -1.00 e. The molecule has 12 heteroatoms. The third kappa shape index (κ3) is 21.7. The third-order valence-corrected chi connectivity index (χ3v) is 47.2. The van der Waals surface area contributed by atoms with Crippen molar-refractivity contribution in [2.24, 2.45) is 185 Å². The van der Waals surface area contributed by atoms with Crippen LogP contribution in [0, 0.1) is 185 Å². The van der Waals surface area contributed by atoms with E-state index in [0.29, 0.717) is 104 Å². The fourth-order valence-corrected chi connectivity index (χ4v) is 37.0. The Hall–Kier alpha value is 0.0949. The number of hydrogen-bond acceptors (Lipinski definition) is 9. The van der Waals surface area contributed by atoms with Crippen LogP contribution in [0.2, 0.25) is 0 Å². The van der Waals surface area contributed by atoms with Crippen molar-refractivity contribution in [3.05, 3.63) is 46.6 Å². The monoisotopic (exact) mass is 1860 g/mol. The molecule has 20 aliphatic rings. The van der Waals surface area contributed by atoms with Crippen LogP contribution in [0.3, 0.4) is 0 Å². The van der Waals surface area contributed by atoms with Crippen LogP contribution in [-0.4, -0.2) is 115 Å². The minimum atomic E-state index is -0.453. The van der Waals surface area contributed by atoms with E-state index in [1.807, 2.05) is 0 Å². The molecule has 0 spiro atoms. The summed E-state index contributed by atoms with van der Waals surface area (Å²) in [6, 6.07) is 0.